The largest absolute Gasteiger partial charge is 0.357 e. The van der Waals surface area contributed by atoms with Crippen LogP contribution in [0.4, 0.5) is 0 Å². The van der Waals surface area contributed by atoms with Gasteiger partial charge in [-0.05, 0) is 38.7 Å². The van der Waals surface area contributed by atoms with Crippen molar-refractivity contribution < 1.29 is 0 Å². The highest BCUT2D eigenvalue weighted by Crippen LogP contribution is 2.18. The molecule has 1 fully saturated rings. The highest BCUT2D eigenvalue weighted by molar-refractivity contribution is 5.80. The molecule has 2 N–H and O–H groups in total. The molecule has 6 heteroatoms. The van der Waals surface area contributed by atoms with E-state index in [1.165, 1.54) is 0 Å². The molecule has 0 aliphatic carbocycles. The summed E-state index contributed by atoms with van der Waals surface area (Å²) in [5.41, 5.74) is 0. The minimum atomic E-state index is 0.452. The number of guanidine groups is 1. The van der Waals surface area contributed by atoms with Gasteiger partial charge >= 0.3 is 0 Å². The van der Waals surface area contributed by atoms with Crippen LogP contribution < -0.4 is 10.6 Å². The van der Waals surface area contributed by atoms with Gasteiger partial charge in [-0.25, -0.2) is 0 Å². The van der Waals surface area contributed by atoms with Crippen molar-refractivity contribution in [2.24, 2.45) is 16.8 Å². The number of aliphatic imine (C=N–C) groups is 1. The lowest BCUT2D eigenvalue weighted by Gasteiger charge is -2.22. The fourth-order valence-electron chi connectivity index (χ4n) is 3.14. The standard InChI is InChI=1S/C18H34N6/c1-6-19-18(20-10-15(4)11-24-9-7-8-21-24)22-17-13-23(14(2)3)12-16(17)5/h7-9,14-17H,6,10-13H2,1-5H3,(H2,19,20,22). The van der Waals surface area contributed by atoms with Crippen LogP contribution in [0.5, 0.6) is 0 Å². The predicted molar refractivity (Wildman–Crippen MR) is 100 cm³/mol. The van der Waals surface area contributed by atoms with Crippen molar-refractivity contribution >= 4 is 5.96 Å². The number of hydrogen-bond donors (Lipinski definition) is 2. The Labute approximate surface area is 146 Å². The summed E-state index contributed by atoms with van der Waals surface area (Å²) in [7, 11) is 0. The molecule has 0 radical (unpaired) electrons. The molecular weight excluding hydrogens is 300 g/mol. The van der Waals surface area contributed by atoms with E-state index in [0.29, 0.717) is 23.9 Å². The van der Waals surface area contributed by atoms with E-state index in [9.17, 15) is 0 Å². The monoisotopic (exact) mass is 334 g/mol. The number of nitrogens with zero attached hydrogens (tertiary/aromatic N) is 4. The molecule has 1 aliphatic heterocycles. The highest BCUT2D eigenvalue weighted by atomic mass is 15.3. The van der Waals surface area contributed by atoms with Crippen LogP contribution in [-0.4, -0.2) is 58.9 Å². The van der Waals surface area contributed by atoms with Crippen LogP contribution in [0.25, 0.3) is 0 Å². The molecule has 1 aromatic heterocycles. The Bertz CT molecular complexity index is 496. The van der Waals surface area contributed by atoms with Gasteiger partial charge in [-0.3, -0.25) is 14.6 Å². The van der Waals surface area contributed by atoms with Crippen molar-refractivity contribution in [3.05, 3.63) is 18.5 Å². The number of hydrogen-bond acceptors (Lipinski definition) is 3. The summed E-state index contributed by atoms with van der Waals surface area (Å²) < 4.78 is 1.97. The zero-order valence-electron chi connectivity index (χ0n) is 15.9. The van der Waals surface area contributed by atoms with Crippen molar-refractivity contribution in [1.29, 1.82) is 0 Å². The quantitative estimate of drug-likeness (QED) is 0.590. The highest BCUT2D eigenvalue weighted by Gasteiger charge is 2.31. The number of nitrogens with one attached hydrogen (secondary N) is 2. The average molecular weight is 335 g/mol. The van der Waals surface area contributed by atoms with Gasteiger partial charge in [-0.1, -0.05) is 13.8 Å². The number of aromatic nitrogens is 2. The van der Waals surface area contributed by atoms with Gasteiger partial charge in [-0.2, -0.15) is 5.10 Å². The van der Waals surface area contributed by atoms with Crippen molar-refractivity contribution in [1.82, 2.24) is 25.3 Å². The van der Waals surface area contributed by atoms with Crippen LogP contribution in [0.15, 0.2) is 23.5 Å². The van der Waals surface area contributed by atoms with E-state index in [1.54, 1.807) is 0 Å². The summed E-state index contributed by atoms with van der Waals surface area (Å²) >= 11 is 0. The van der Waals surface area contributed by atoms with Crippen LogP contribution in [0.3, 0.4) is 0 Å². The normalized spacial score (nSPS) is 23.7. The van der Waals surface area contributed by atoms with Gasteiger partial charge < -0.3 is 10.6 Å². The summed E-state index contributed by atoms with van der Waals surface area (Å²) in [6.45, 7) is 16.0. The van der Waals surface area contributed by atoms with Crippen molar-refractivity contribution in [3.8, 4) is 0 Å². The molecule has 6 nitrogen and oxygen atoms in total. The summed E-state index contributed by atoms with van der Waals surface area (Å²) in [4.78, 5) is 7.33. The third kappa shape index (κ3) is 5.51. The van der Waals surface area contributed by atoms with Crippen LogP contribution in [0.2, 0.25) is 0 Å². The lowest BCUT2D eigenvalue weighted by atomic mass is 10.1. The van der Waals surface area contributed by atoms with Gasteiger partial charge in [0.25, 0.3) is 0 Å². The first-order valence-corrected chi connectivity index (χ1v) is 9.25. The molecule has 3 unspecified atom stereocenters. The Balaban J connectivity index is 1.88. The molecule has 0 saturated carbocycles. The van der Waals surface area contributed by atoms with Crippen LogP contribution in [0, 0.1) is 11.8 Å². The van der Waals surface area contributed by atoms with E-state index in [-0.39, 0.29) is 0 Å². The lowest BCUT2D eigenvalue weighted by molar-refractivity contribution is 0.265. The van der Waals surface area contributed by atoms with Crippen molar-refractivity contribution in [3.63, 3.8) is 0 Å². The third-order valence-corrected chi connectivity index (χ3v) is 4.66. The zero-order valence-corrected chi connectivity index (χ0v) is 15.9. The SMILES string of the molecule is CCNC(=NCC(C)Cn1cccn1)NC1CN(C(C)C)CC1C. The molecule has 1 aliphatic rings. The Morgan fingerprint density at radius 1 is 1.33 bits per heavy atom. The maximum Gasteiger partial charge on any atom is 0.191 e. The van der Waals surface area contributed by atoms with E-state index in [4.69, 9.17) is 4.99 Å². The summed E-state index contributed by atoms with van der Waals surface area (Å²) in [6.07, 6.45) is 3.83. The first-order chi connectivity index (χ1) is 11.5. The molecule has 2 heterocycles. The number of likely N-dealkylation sites (tertiary alicyclic amines) is 1. The molecule has 136 valence electrons. The van der Waals surface area contributed by atoms with Gasteiger partial charge in [0.2, 0.25) is 0 Å². The summed E-state index contributed by atoms with van der Waals surface area (Å²) in [5.74, 6) is 2.03. The fraction of sp³-hybridized carbons (Fsp3) is 0.778. The van der Waals surface area contributed by atoms with Crippen LogP contribution in [0.1, 0.15) is 34.6 Å². The van der Waals surface area contributed by atoms with Gasteiger partial charge in [0.15, 0.2) is 5.96 Å². The molecule has 3 atom stereocenters. The first-order valence-electron chi connectivity index (χ1n) is 9.25. The number of rotatable bonds is 7. The van der Waals surface area contributed by atoms with Gasteiger partial charge in [0.05, 0.1) is 0 Å². The predicted octanol–water partition coefficient (Wildman–Crippen LogP) is 1.80. The molecule has 0 spiro atoms. The van der Waals surface area contributed by atoms with Crippen molar-refractivity contribution in [2.75, 3.05) is 26.2 Å². The molecule has 24 heavy (non-hydrogen) atoms. The second-order valence-electron chi connectivity index (χ2n) is 7.33. The molecule has 0 bridgehead atoms. The van der Waals surface area contributed by atoms with Gasteiger partial charge in [0, 0.05) is 57.2 Å². The lowest BCUT2D eigenvalue weighted by Crippen LogP contribution is -2.47. The van der Waals surface area contributed by atoms with E-state index in [2.05, 4.69) is 55.3 Å². The van der Waals surface area contributed by atoms with Crippen molar-refractivity contribution in [2.45, 2.75) is 53.2 Å². The van der Waals surface area contributed by atoms with E-state index in [1.807, 2.05) is 23.1 Å². The van der Waals surface area contributed by atoms with E-state index in [0.717, 1.165) is 38.7 Å². The van der Waals surface area contributed by atoms with Crippen LogP contribution in [-0.2, 0) is 6.54 Å². The summed E-state index contributed by atoms with van der Waals surface area (Å²) in [5, 5.41) is 11.3. The van der Waals surface area contributed by atoms with Gasteiger partial charge in [-0.15, -0.1) is 0 Å². The fourth-order valence-corrected chi connectivity index (χ4v) is 3.14. The average Bonchev–Trinajstić information content (AvgIpc) is 3.15. The second kappa shape index (κ2) is 9.06. The molecule has 1 aromatic rings. The Morgan fingerprint density at radius 3 is 2.71 bits per heavy atom. The van der Waals surface area contributed by atoms with Crippen LogP contribution >= 0.6 is 0 Å². The zero-order chi connectivity index (χ0) is 17.5. The second-order valence-corrected chi connectivity index (χ2v) is 7.33. The minimum absolute atomic E-state index is 0.452. The molecule has 1 saturated heterocycles. The Hall–Kier alpha value is -1.56. The van der Waals surface area contributed by atoms with E-state index >= 15 is 0 Å². The molecule has 0 amide bonds. The smallest absolute Gasteiger partial charge is 0.191 e. The molecule has 2 rings (SSSR count). The molecule has 0 aromatic carbocycles. The van der Waals surface area contributed by atoms with E-state index < -0.39 is 0 Å². The third-order valence-electron chi connectivity index (χ3n) is 4.66. The first kappa shape index (κ1) is 18.8. The maximum absolute atomic E-state index is 4.80. The van der Waals surface area contributed by atoms with Gasteiger partial charge in [0.1, 0.15) is 0 Å². The summed E-state index contributed by atoms with van der Waals surface area (Å²) in [6, 6.07) is 3.03. The minimum Gasteiger partial charge on any atom is -0.357 e. The Kier molecular flexibility index (Phi) is 7.09. The molecular formula is C18H34N6. The maximum atomic E-state index is 4.80. The Morgan fingerprint density at radius 2 is 2.12 bits per heavy atom. The topological polar surface area (TPSA) is 57.5 Å².